The Labute approximate surface area is 136 Å². The number of aromatic nitrogens is 4. The van der Waals surface area contributed by atoms with Gasteiger partial charge in [0.1, 0.15) is 0 Å². The van der Waals surface area contributed by atoms with E-state index in [1.807, 2.05) is 29.2 Å². The first kappa shape index (κ1) is 16.0. The second kappa shape index (κ2) is 7.63. The summed E-state index contributed by atoms with van der Waals surface area (Å²) in [6, 6.07) is 4.33. The first-order valence-corrected chi connectivity index (χ1v) is 7.82. The smallest absolute Gasteiger partial charge is 0.0967 e. The van der Waals surface area contributed by atoms with E-state index in [2.05, 4.69) is 20.2 Å². The molecule has 124 valence electrons. The molecule has 1 aliphatic rings. The number of methoxy groups -OCH3 is 2. The number of hydrogen-bond acceptors (Lipinski definition) is 6. The lowest BCUT2D eigenvalue weighted by atomic mass is 10.2. The fourth-order valence-corrected chi connectivity index (χ4v) is 3.04. The van der Waals surface area contributed by atoms with Crippen LogP contribution in [0.1, 0.15) is 17.7 Å². The van der Waals surface area contributed by atoms with E-state index < -0.39 is 0 Å². The van der Waals surface area contributed by atoms with Gasteiger partial charge in [0.2, 0.25) is 0 Å². The van der Waals surface area contributed by atoms with E-state index in [-0.39, 0.29) is 6.10 Å². The molecule has 1 aliphatic heterocycles. The predicted molar refractivity (Wildman–Crippen MR) is 84.8 cm³/mol. The minimum atomic E-state index is 0.264. The van der Waals surface area contributed by atoms with E-state index in [9.17, 15) is 0 Å². The second-order valence-electron chi connectivity index (χ2n) is 5.90. The average Bonchev–Trinajstić information content (AvgIpc) is 3.16. The summed E-state index contributed by atoms with van der Waals surface area (Å²) in [4.78, 5) is 6.48. The SMILES string of the molecule is COC[C@@H]1C[C@H](OC)CN1Cc1cn(Cc2cccnc2)nn1. The van der Waals surface area contributed by atoms with Gasteiger partial charge < -0.3 is 9.47 Å². The second-order valence-corrected chi connectivity index (χ2v) is 5.90. The zero-order chi connectivity index (χ0) is 16.1. The van der Waals surface area contributed by atoms with Crippen molar-refractivity contribution in [2.24, 2.45) is 0 Å². The van der Waals surface area contributed by atoms with Crippen LogP contribution in [0.4, 0.5) is 0 Å². The van der Waals surface area contributed by atoms with Gasteiger partial charge in [0.05, 0.1) is 31.1 Å². The molecule has 2 aromatic rings. The molecule has 2 atom stereocenters. The first-order chi connectivity index (χ1) is 11.3. The molecule has 1 saturated heterocycles. The van der Waals surface area contributed by atoms with Gasteiger partial charge in [0.25, 0.3) is 0 Å². The van der Waals surface area contributed by atoms with Crippen molar-refractivity contribution >= 4 is 0 Å². The maximum absolute atomic E-state index is 5.49. The molecule has 1 fully saturated rings. The van der Waals surface area contributed by atoms with Crippen LogP contribution in [0.3, 0.4) is 0 Å². The van der Waals surface area contributed by atoms with Crippen LogP contribution in [-0.2, 0) is 22.6 Å². The topological polar surface area (TPSA) is 65.3 Å². The van der Waals surface area contributed by atoms with E-state index in [0.717, 1.165) is 30.8 Å². The number of rotatable bonds is 7. The van der Waals surface area contributed by atoms with Crippen LogP contribution in [0.5, 0.6) is 0 Å². The summed E-state index contributed by atoms with van der Waals surface area (Å²) < 4.78 is 12.7. The Morgan fingerprint density at radius 2 is 2.22 bits per heavy atom. The standard InChI is InChI=1S/C16H23N5O2/c1-22-12-15-6-16(23-2)11-20(15)9-14-10-21(19-18-14)8-13-4-3-5-17-7-13/h3-5,7,10,15-16H,6,8-9,11-12H2,1-2H3/t15-,16-/m0/s1. The van der Waals surface area contributed by atoms with Crippen molar-refractivity contribution in [1.82, 2.24) is 24.9 Å². The van der Waals surface area contributed by atoms with Crippen molar-refractivity contribution < 1.29 is 9.47 Å². The van der Waals surface area contributed by atoms with Gasteiger partial charge in [-0.3, -0.25) is 9.88 Å². The van der Waals surface area contributed by atoms with E-state index >= 15 is 0 Å². The lowest BCUT2D eigenvalue weighted by Crippen LogP contribution is -2.32. The zero-order valence-electron chi connectivity index (χ0n) is 13.6. The minimum absolute atomic E-state index is 0.264. The summed E-state index contributed by atoms with van der Waals surface area (Å²) in [6.45, 7) is 3.06. The van der Waals surface area contributed by atoms with E-state index in [0.29, 0.717) is 19.2 Å². The van der Waals surface area contributed by atoms with Gasteiger partial charge >= 0.3 is 0 Å². The van der Waals surface area contributed by atoms with Gasteiger partial charge in [-0.2, -0.15) is 0 Å². The number of ether oxygens (including phenoxy) is 2. The number of hydrogen-bond donors (Lipinski definition) is 0. The third-order valence-electron chi connectivity index (χ3n) is 4.20. The molecular formula is C16H23N5O2. The van der Waals surface area contributed by atoms with Crippen LogP contribution < -0.4 is 0 Å². The third-order valence-corrected chi connectivity index (χ3v) is 4.20. The van der Waals surface area contributed by atoms with Crippen LogP contribution in [0.15, 0.2) is 30.7 Å². The molecule has 7 nitrogen and oxygen atoms in total. The summed E-state index contributed by atoms with van der Waals surface area (Å²) in [5, 5.41) is 8.50. The Kier molecular flexibility index (Phi) is 5.32. The van der Waals surface area contributed by atoms with Gasteiger partial charge in [-0.25, -0.2) is 4.68 Å². The van der Waals surface area contributed by atoms with Crippen LogP contribution in [0.2, 0.25) is 0 Å². The first-order valence-electron chi connectivity index (χ1n) is 7.82. The molecule has 2 aromatic heterocycles. The molecule has 0 bridgehead atoms. The normalized spacial score (nSPS) is 21.8. The fourth-order valence-electron chi connectivity index (χ4n) is 3.04. The molecule has 0 aliphatic carbocycles. The van der Waals surface area contributed by atoms with Crippen molar-refractivity contribution in [3.63, 3.8) is 0 Å². The fraction of sp³-hybridized carbons (Fsp3) is 0.562. The summed E-state index contributed by atoms with van der Waals surface area (Å²) in [6.07, 6.45) is 6.87. The summed E-state index contributed by atoms with van der Waals surface area (Å²) >= 11 is 0. The molecule has 0 amide bonds. The summed E-state index contributed by atoms with van der Waals surface area (Å²) in [7, 11) is 3.50. The largest absolute Gasteiger partial charge is 0.383 e. The van der Waals surface area contributed by atoms with Crippen LogP contribution in [0, 0.1) is 0 Å². The highest BCUT2D eigenvalue weighted by Crippen LogP contribution is 2.22. The number of pyridine rings is 1. The molecule has 3 rings (SSSR count). The van der Waals surface area contributed by atoms with Crippen molar-refractivity contribution in [3.8, 4) is 0 Å². The molecule has 23 heavy (non-hydrogen) atoms. The molecule has 0 spiro atoms. The predicted octanol–water partition coefficient (Wildman–Crippen LogP) is 0.957. The Bertz CT molecular complexity index is 604. The maximum Gasteiger partial charge on any atom is 0.0967 e. The third kappa shape index (κ3) is 4.13. The Balaban J connectivity index is 1.61. The van der Waals surface area contributed by atoms with Gasteiger partial charge in [0, 0.05) is 45.7 Å². The molecular weight excluding hydrogens is 294 g/mol. The molecule has 0 N–H and O–H groups in total. The molecule has 0 saturated carbocycles. The lowest BCUT2D eigenvalue weighted by Gasteiger charge is -2.21. The molecule has 0 radical (unpaired) electrons. The van der Waals surface area contributed by atoms with Gasteiger partial charge in [0.15, 0.2) is 0 Å². The molecule has 0 aromatic carbocycles. The monoisotopic (exact) mass is 317 g/mol. The molecule has 0 unspecified atom stereocenters. The molecule has 7 heteroatoms. The maximum atomic E-state index is 5.49. The van der Waals surface area contributed by atoms with Crippen molar-refractivity contribution in [3.05, 3.63) is 42.0 Å². The number of nitrogens with zero attached hydrogens (tertiary/aromatic N) is 5. The minimum Gasteiger partial charge on any atom is -0.383 e. The van der Waals surface area contributed by atoms with E-state index in [4.69, 9.17) is 9.47 Å². The highest BCUT2D eigenvalue weighted by molar-refractivity contribution is 5.09. The summed E-state index contributed by atoms with van der Waals surface area (Å²) in [5.41, 5.74) is 2.08. The van der Waals surface area contributed by atoms with Gasteiger partial charge in [-0.1, -0.05) is 11.3 Å². The van der Waals surface area contributed by atoms with Gasteiger partial charge in [-0.05, 0) is 18.1 Å². The average molecular weight is 317 g/mol. The van der Waals surface area contributed by atoms with Crippen molar-refractivity contribution in [2.45, 2.75) is 31.7 Å². The number of likely N-dealkylation sites (tertiary alicyclic amines) is 1. The van der Waals surface area contributed by atoms with Crippen LogP contribution >= 0.6 is 0 Å². The van der Waals surface area contributed by atoms with Crippen LogP contribution in [-0.4, -0.2) is 64.4 Å². The zero-order valence-corrected chi connectivity index (χ0v) is 13.6. The highest BCUT2D eigenvalue weighted by Gasteiger charge is 2.32. The van der Waals surface area contributed by atoms with Gasteiger partial charge in [-0.15, -0.1) is 5.10 Å². The van der Waals surface area contributed by atoms with Crippen molar-refractivity contribution in [1.29, 1.82) is 0 Å². The van der Waals surface area contributed by atoms with Crippen LogP contribution in [0.25, 0.3) is 0 Å². The van der Waals surface area contributed by atoms with E-state index in [1.54, 1.807) is 20.4 Å². The summed E-state index contributed by atoms with van der Waals surface area (Å²) in [5.74, 6) is 0. The Morgan fingerprint density at radius 3 is 2.96 bits per heavy atom. The lowest BCUT2D eigenvalue weighted by molar-refractivity contribution is 0.105. The Morgan fingerprint density at radius 1 is 1.30 bits per heavy atom. The highest BCUT2D eigenvalue weighted by atomic mass is 16.5. The van der Waals surface area contributed by atoms with Crippen molar-refractivity contribution in [2.75, 3.05) is 27.4 Å². The quantitative estimate of drug-likeness (QED) is 0.758. The molecule has 3 heterocycles. The Hall–Kier alpha value is -1.83. The van der Waals surface area contributed by atoms with E-state index in [1.165, 1.54) is 0 Å².